The standard InChI is InChI=1S/C38H48ClN5O7S/c1-24-23-52(47,42-37(46)31-22-43(2)40-38(31)50-5)41-36(45)26-11-14-35-32(19-26)44(20-27-9-12-29(39)18-25(27)8-6-7-17-51-35)21-28-10-13-30(28)34(49-4)16-15-33(24)48-3/h9,11-12,14-16,18-19,22,24,28,30,33-34H,6-8,10,13,17,20-21,23H2,1-5H3,(H,41,42,45,46,47)/b16-15+/t24-,28+,30-,33-,34+,52?/m1/s1. The lowest BCUT2D eigenvalue weighted by Gasteiger charge is -2.43. The van der Waals surface area contributed by atoms with E-state index in [9.17, 15) is 13.8 Å². The van der Waals surface area contributed by atoms with Crippen LogP contribution >= 0.6 is 11.6 Å². The largest absolute Gasteiger partial charge is 0.491 e. The molecule has 6 atom stereocenters. The first-order chi connectivity index (χ1) is 25.0. The molecule has 2 aromatic carbocycles. The number of hydrogen-bond donors (Lipinski definition) is 1. The predicted octanol–water partition coefficient (Wildman–Crippen LogP) is 6.02. The molecule has 2 amide bonds. The molecule has 3 heterocycles. The molecule has 1 unspecified atom stereocenters. The van der Waals surface area contributed by atoms with Crippen molar-refractivity contribution in [2.45, 2.75) is 57.8 Å². The molecule has 1 fully saturated rings. The number of aryl methyl sites for hydroxylation is 2. The summed E-state index contributed by atoms with van der Waals surface area (Å²) in [6.45, 7) is 3.62. The molecule has 0 spiro atoms. The number of fused-ring (bicyclic) bond motifs is 3. The van der Waals surface area contributed by atoms with Gasteiger partial charge >= 0.3 is 0 Å². The highest BCUT2D eigenvalue weighted by Crippen LogP contribution is 2.42. The van der Waals surface area contributed by atoms with Crippen LogP contribution < -0.4 is 19.1 Å². The van der Waals surface area contributed by atoms with E-state index in [4.69, 9.17) is 30.5 Å². The maximum absolute atomic E-state index is 14.8. The first-order valence-electron chi connectivity index (χ1n) is 17.7. The van der Waals surface area contributed by atoms with Gasteiger partial charge in [-0.05, 0) is 91.3 Å². The van der Waals surface area contributed by atoms with Gasteiger partial charge in [-0.3, -0.25) is 19.0 Å². The third kappa shape index (κ3) is 8.48. The monoisotopic (exact) mass is 753 g/mol. The average molecular weight is 754 g/mol. The smallest absolute Gasteiger partial charge is 0.286 e. The Kier molecular flexibility index (Phi) is 11.9. The van der Waals surface area contributed by atoms with E-state index in [1.807, 2.05) is 31.2 Å². The number of ether oxygens (including phenoxy) is 4. The molecule has 52 heavy (non-hydrogen) atoms. The number of nitrogens with one attached hydrogen (secondary N) is 1. The highest BCUT2D eigenvalue weighted by atomic mass is 35.5. The maximum Gasteiger partial charge on any atom is 0.286 e. The molecule has 1 N–H and O–H groups in total. The van der Waals surface area contributed by atoms with Crippen LogP contribution in [-0.2, 0) is 39.4 Å². The number of halogens is 1. The van der Waals surface area contributed by atoms with Crippen LogP contribution in [-0.4, -0.2) is 78.2 Å². The van der Waals surface area contributed by atoms with Gasteiger partial charge in [-0.1, -0.05) is 36.7 Å². The fourth-order valence-corrected chi connectivity index (χ4v) is 9.49. The Balaban J connectivity index is 1.48. The first kappa shape index (κ1) is 37.8. The quantitative estimate of drug-likeness (QED) is 0.311. The van der Waals surface area contributed by atoms with Crippen LogP contribution in [0.4, 0.5) is 5.69 Å². The molecular weight excluding hydrogens is 706 g/mol. The van der Waals surface area contributed by atoms with Gasteiger partial charge in [0.05, 0.1) is 37.4 Å². The first-order valence-corrected chi connectivity index (χ1v) is 19.8. The Morgan fingerprint density at radius 2 is 1.83 bits per heavy atom. The minimum Gasteiger partial charge on any atom is -0.491 e. The zero-order valence-corrected chi connectivity index (χ0v) is 32.0. The fraction of sp³-hybridized carbons (Fsp3) is 0.500. The number of amides is 2. The summed E-state index contributed by atoms with van der Waals surface area (Å²) in [5, 5.41) is 4.85. The fourth-order valence-electron chi connectivity index (χ4n) is 7.42. The summed E-state index contributed by atoms with van der Waals surface area (Å²) < 4.78 is 46.6. The summed E-state index contributed by atoms with van der Waals surface area (Å²) in [5.41, 5.74) is 3.38. The van der Waals surface area contributed by atoms with E-state index in [0.29, 0.717) is 36.4 Å². The number of carbonyl (C=O) groups excluding carboxylic acids is 2. The Bertz CT molecular complexity index is 1940. The number of hydrogen-bond acceptors (Lipinski definition) is 9. The number of carbonyl (C=O) groups is 2. The minimum absolute atomic E-state index is 0.0568. The zero-order valence-electron chi connectivity index (χ0n) is 30.4. The van der Waals surface area contributed by atoms with E-state index in [1.54, 1.807) is 39.5 Å². The van der Waals surface area contributed by atoms with Crippen molar-refractivity contribution in [1.82, 2.24) is 14.5 Å². The van der Waals surface area contributed by atoms with Crippen LogP contribution in [0.5, 0.6) is 11.6 Å². The summed E-state index contributed by atoms with van der Waals surface area (Å²) in [7, 11) is 2.60. The number of nitrogens with zero attached hydrogens (tertiary/aromatic N) is 4. The summed E-state index contributed by atoms with van der Waals surface area (Å²) >= 11 is 6.47. The van der Waals surface area contributed by atoms with Crippen LogP contribution in [0, 0.1) is 17.8 Å². The highest BCUT2D eigenvalue weighted by Gasteiger charge is 2.38. The third-order valence-corrected chi connectivity index (χ3v) is 12.5. The lowest BCUT2D eigenvalue weighted by molar-refractivity contribution is 0.0122. The summed E-state index contributed by atoms with van der Waals surface area (Å²) in [6.07, 6.45) is 9.41. The summed E-state index contributed by atoms with van der Waals surface area (Å²) in [6, 6.07) is 11.3. The Labute approximate surface area is 311 Å². The van der Waals surface area contributed by atoms with Gasteiger partial charge in [0.15, 0.2) is 0 Å². The van der Waals surface area contributed by atoms with Crippen molar-refractivity contribution in [3.8, 4) is 11.6 Å². The number of rotatable bonds is 5. The number of aromatic nitrogens is 2. The van der Waals surface area contributed by atoms with Gasteiger partial charge in [-0.15, -0.1) is 9.46 Å². The Morgan fingerprint density at radius 1 is 1.04 bits per heavy atom. The number of methoxy groups -OCH3 is 3. The van der Waals surface area contributed by atoms with Crippen molar-refractivity contribution >= 4 is 39.0 Å². The maximum atomic E-state index is 14.8. The minimum atomic E-state index is -3.72. The van der Waals surface area contributed by atoms with Gasteiger partial charge in [-0.25, -0.2) is 4.21 Å². The summed E-state index contributed by atoms with van der Waals surface area (Å²) in [5.74, 6) is -0.785. The van der Waals surface area contributed by atoms with E-state index < -0.39 is 33.8 Å². The molecule has 6 rings (SSSR count). The van der Waals surface area contributed by atoms with Gasteiger partial charge in [0, 0.05) is 51.1 Å². The Hall–Kier alpha value is -3.91. The molecule has 1 aliphatic carbocycles. The van der Waals surface area contributed by atoms with E-state index in [1.165, 1.54) is 23.6 Å². The van der Waals surface area contributed by atoms with Crippen LogP contribution in [0.3, 0.4) is 0 Å². The van der Waals surface area contributed by atoms with Crippen molar-refractivity contribution in [1.29, 1.82) is 0 Å². The molecule has 1 saturated carbocycles. The van der Waals surface area contributed by atoms with Crippen LogP contribution in [0.15, 0.2) is 59.1 Å². The molecule has 2 bridgehead atoms. The van der Waals surface area contributed by atoms with Gasteiger partial charge in [0.2, 0.25) is 5.88 Å². The molecular formula is C38H48ClN5O7S. The molecule has 3 aliphatic rings. The molecule has 1 aromatic heterocycles. The van der Waals surface area contributed by atoms with Crippen molar-refractivity contribution in [3.05, 3.63) is 82.0 Å². The topological polar surface area (TPSA) is 134 Å². The van der Waals surface area contributed by atoms with Crippen molar-refractivity contribution in [2.24, 2.45) is 29.2 Å². The van der Waals surface area contributed by atoms with Crippen molar-refractivity contribution in [2.75, 3.05) is 45.1 Å². The molecule has 0 saturated heterocycles. The molecule has 2 aliphatic heterocycles. The third-order valence-electron chi connectivity index (χ3n) is 10.3. The highest BCUT2D eigenvalue weighted by molar-refractivity contribution is 7.92. The van der Waals surface area contributed by atoms with Gasteiger partial charge < -0.3 is 23.8 Å². The zero-order chi connectivity index (χ0) is 37.0. The molecule has 12 nitrogen and oxygen atoms in total. The average Bonchev–Trinajstić information content (AvgIpc) is 3.48. The second kappa shape index (κ2) is 16.4. The number of anilines is 1. The van der Waals surface area contributed by atoms with Gasteiger partial charge in [-0.2, -0.15) is 0 Å². The SMILES string of the molecule is COc1nn(C)cc1C(=O)NS1(=O)=NC(=O)c2ccc3c(c2)N(Cc2ccc(Cl)cc2CCCCO3)C[C@@H]2CC[C@H]2[C@@H](OC)/C=C/[C@@H](OC)[C@H](C)C1. The molecule has 0 radical (unpaired) electrons. The molecule has 280 valence electrons. The normalized spacial score (nSPS) is 27.4. The van der Waals surface area contributed by atoms with E-state index in [0.717, 1.165) is 43.4 Å². The summed E-state index contributed by atoms with van der Waals surface area (Å²) in [4.78, 5) is 30.0. The number of benzene rings is 2. The Morgan fingerprint density at radius 3 is 2.56 bits per heavy atom. The van der Waals surface area contributed by atoms with Crippen LogP contribution in [0.2, 0.25) is 5.02 Å². The van der Waals surface area contributed by atoms with E-state index in [-0.39, 0.29) is 34.8 Å². The van der Waals surface area contributed by atoms with E-state index in [2.05, 4.69) is 25.1 Å². The molecule has 14 heteroatoms. The van der Waals surface area contributed by atoms with Crippen LogP contribution in [0.25, 0.3) is 0 Å². The van der Waals surface area contributed by atoms with E-state index >= 15 is 0 Å². The van der Waals surface area contributed by atoms with Gasteiger partial charge in [0.25, 0.3) is 11.8 Å². The predicted molar refractivity (Wildman–Crippen MR) is 200 cm³/mol. The lowest BCUT2D eigenvalue weighted by Crippen LogP contribution is -2.43. The lowest BCUT2D eigenvalue weighted by atomic mass is 9.70. The van der Waals surface area contributed by atoms with Crippen molar-refractivity contribution < 1.29 is 32.7 Å². The van der Waals surface area contributed by atoms with Crippen LogP contribution in [0.1, 0.15) is 64.4 Å². The molecule has 3 aromatic rings. The second-order valence-electron chi connectivity index (χ2n) is 13.9. The second-order valence-corrected chi connectivity index (χ2v) is 16.3. The van der Waals surface area contributed by atoms with Crippen molar-refractivity contribution in [3.63, 3.8) is 0 Å². The van der Waals surface area contributed by atoms with Gasteiger partial charge in [0.1, 0.15) is 21.2 Å².